The Balaban J connectivity index is 1.14. The smallest absolute Gasteiger partial charge is 0.129 e. The molecule has 0 N–H and O–H groups in total. The van der Waals surface area contributed by atoms with Crippen molar-refractivity contribution < 1.29 is 8.78 Å². The van der Waals surface area contributed by atoms with Crippen molar-refractivity contribution in [1.29, 1.82) is 0 Å². The van der Waals surface area contributed by atoms with Crippen molar-refractivity contribution >= 4 is 11.6 Å². The predicted molar refractivity (Wildman–Crippen MR) is 166 cm³/mol. The molecule has 3 aromatic carbocycles. The normalized spacial score (nSPS) is 17.3. The zero-order valence-corrected chi connectivity index (χ0v) is 25.1. The molecule has 0 aromatic heterocycles. The lowest BCUT2D eigenvalue weighted by Crippen LogP contribution is -2.16. The Morgan fingerprint density at radius 3 is 1.62 bits per heavy atom. The number of halogens is 3. The van der Waals surface area contributed by atoms with Crippen LogP contribution in [-0.2, 0) is 32.1 Å². The van der Waals surface area contributed by atoms with Gasteiger partial charge in [0, 0.05) is 10.6 Å². The van der Waals surface area contributed by atoms with Crippen molar-refractivity contribution in [3.05, 3.63) is 105 Å². The SMILES string of the molecule is CCCCCCCc1ccc(CCC2CCC(CCc3cc(F)c(CCc4ccc(Cl)cc4)c(F)c3)CC2)cc1. The Bertz CT molecular complexity index is 1120. The van der Waals surface area contributed by atoms with Gasteiger partial charge in [-0.3, -0.25) is 0 Å². The van der Waals surface area contributed by atoms with Crippen LogP contribution >= 0.6 is 11.6 Å². The van der Waals surface area contributed by atoms with Crippen molar-refractivity contribution in [1.82, 2.24) is 0 Å². The summed E-state index contributed by atoms with van der Waals surface area (Å²) < 4.78 is 29.6. The van der Waals surface area contributed by atoms with Crippen molar-refractivity contribution in [3.8, 4) is 0 Å². The maximum Gasteiger partial charge on any atom is 0.129 e. The first-order valence-electron chi connectivity index (χ1n) is 15.8. The molecule has 1 saturated carbocycles. The van der Waals surface area contributed by atoms with E-state index in [-0.39, 0.29) is 5.56 Å². The van der Waals surface area contributed by atoms with Gasteiger partial charge in [-0.2, -0.15) is 0 Å². The molecule has 1 aliphatic rings. The zero-order valence-electron chi connectivity index (χ0n) is 24.4. The first kappa shape index (κ1) is 30.8. The fraction of sp³-hybridized carbons (Fsp3) is 0.514. The minimum atomic E-state index is -0.410. The summed E-state index contributed by atoms with van der Waals surface area (Å²) in [5, 5.41) is 0.670. The molecule has 0 spiro atoms. The van der Waals surface area contributed by atoms with Gasteiger partial charge in [-0.25, -0.2) is 8.78 Å². The average Bonchev–Trinajstić information content (AvgIpc) is 2.96. The minimum Gasteiger partial charge on any atom is -0.207 e. The largest absolute Gasteiger partial charge is 0.207 e. The van der Waals surface area contributed by atoms with Gasteiger partial charge in [0.25, 0.3) is 0 Å². The first-order valence-corrected chi connectivity index (χ1v) is 16.2. The Morgan fingerprint density at radius 2 is 1.05 bits per heavy atom. The summed E-state index contributed by atoms with van der Waals surface area (Å²) in [6.07, 6.45) is 18.1. The van der Waals surface area contributed by atoms with Crippen molar-refractivity contribution in [3.63, 3.8) is 0 Å². The molecule has 0 nitrogen and oxygen atoms in total. The predicted octanol–water partition coefficient (Wildman–Crippen LogP) is 11.3. The number of rotatable bonds is 15. The third-order valence-electron chi connectivity index (χ3n) is 9.02. The van der Waals surface area contributed by atoms with E-state index in [1.165, 1.54) is 88.2 Å². The Hall–Kier alpha value is -2.19. The van der Waals surface area contributed by atoms with Crippen LogP contribution in [-0.4, -0.2) is 0 Å². The van der Waals surface area contributed by atoms with Gasteiger partial charge in [0.15, 0.2) is 0 Å². The van der Waals surface area contributed by atoms with E-state index in [1.807, 2.05) is 24.3 Å². The van der Waals surface area contributed by atoms with Crippen LogP contribution in [0.4, 0.5) is 8.78 Å². The molecule has 1 fully saturated rings. The molecule has 0 bridgehead atoms. The lowest BCUT2D eigenvalue weighted by Gasteiger charge is -2.28. The first-order chi connectivity index (χ1) is 19.5. The van der Waals surface area contributed by atoms with E-state index in [4.69, 9.17) is 11.6 Å². The fourth-order valence-electron chi connectivity index (χ4n) is 6.31. The highest BCUT2D eigenvalue weighted by atomic mass is 35.5. The second-order valence-electron chi connectivity index (χ2n) is 12.1. The van der Waals surface area contributed by atoms with Crippen LogP contribution in [0, 0.1) is 23.5 Å². The van der Waals surface area contributed by atoms with Crippen LogP contribution in [0.5, 0.6) is 0 Å². The summed E-state index contributed by atoms with van der Waals surface area (Å²) in [6, 6.07) is 19.9. The summed E-state index contributed by atoms with van der Waals surface area (Å²) in [5.74, 6) is 0.660. The number of benzene rings is 3. The zero-order chi connectivity index (χ0) is 28.2. The molecule has 0 unspecified atom stereocenters. The molecule has 40 heavy (non-hydrogen) atoms. The molecule has 0 aliphatic heterocycles. The van der Waals surface area contributed by atoms with Gasteiger partial charge in [0.2, 0.25) is 0 Å². The van der Waals surface area contributed by atoms with Gasteiger partial charge >= 0.3 is 0 Å². The van der Waals surface area contributed by atoms with Crippen LogP contribution in [0.1, 0.15) is 105 Å². The molecule has 0 amide bonds. The monoisotopic (exact) mass is 564 g/mol. The van der Waals surface area contributed by atoms with Gasteiger partial charge in [-0.15, -0.1) is 0 Å². The van der Waals surface area contributed by atoms with Gasteiger partial charge in [-0.1, -0.05) is 106 Å². The van der Waals surface area contributed by atoms with E-state index in [0.29, 0.717) is 23.8 Å². The molecule has 3 aromatic rings. The van der Waals surface area contributed by atoms with Gasteiger partial charge < -0.3 is 0 Å². The number of hydrogen-bond donors (Lipinski definition) is 0. The Labute approximate surface area is 246 Å². The van der Waals surface area contributed by atoms with Crippen LogP contribution < -0.4 is 0 Å². The van der Waals surface area contributed by atoms with Gasteiger partial charge in [0.1, 0.15) is 11.6 Å². The second-order valence-corrected chi connectivity index (χ2v) is 12.5. The quantitative estimate of drug-likeness (QED) is 0.161. The van der Waals surface area contributed by atoms with Crippen LogP contribution in [0.3, 0.4) is 0 Å². The van der Waals surface area contributed by atoms with Crippen molar-refractivity contribution in [2.24, 2.45) is 11.8 Å². The molecular formula is C37H47ClF2. The van der Waals surface area contributed by atoms with Crippen LogP contribution in [0.2, 0.25) is 5.02 Å². The Kier molecular flexibility index (Phi) is 12.5. The van der Waals surface area contributed by atoms with E-state index in [1.54, 1.807) is 12.1 Å². The van der Waals surface area contributed by atoms with Crippen molar-refractivity contribution in [2.45, 2.75) is 110 Å². The second kappa shape index (κ2) is 16.3. The maximum atomic E-state index is 14.8. The minimum absolute atomic E-state index is 0.191. The average molecular weight is 565 g/mol. The third-order valence-corrected chi connectivity index (χ3v) is 9.27. The topological polar surface area (TPSA) is 0 Å². The third kappa shape index (κ3) is 10.0. The molecule has 1 aliphatic carbocycles. The molecule has 0 radical (unpaired) electrons. The standard InChI is InChI=1S/C37H47ClF2/c1-2-3-4-5-6-7-28-8-10-29(11-9-28)12-13-30-14-16-31(17-15-30)18-19-33-26-36(39)35(37(40)27-33)25-22-32-20-23-34(38)24-21-32/h8-11,20-21,23-24,26-27,30-31H,2-7,12-19,22,25H2,1H3. The molecule has 4 rings (SSSR count). The lowest BCUT2D eigenvalue weighted by atomic mass is 9.77. The number of hydrogen-bond acceptors (Lipinski definition) is 0. The highest BCUT2D eigenvalue weighted by Gasteiger charge is 2.21. The summed E-state index contributed by atoms with van der Waals surface area (Å²) in [6.45, 7) is 2.27. The lowest BCUT2D eigenvalue weighted by molar-refractivity contribution is 0.253. The molecular weight excluding hydrogens is 518 g/mol. The molecule has 0 saturated heterocycles. The number of aryl methyl sites for hydroxylation is 4. The van der Waals surface area contributed by atoms with Gasteiger partial charge in [0.05, 0.1) is 0 Å². The molecule has 0 heterocycles. The van der Waals surface area contributed by atoms with Crippen LogP contribution in [0.25, 0.3) is 0 Å². The van der Waals surface area contributed by atoms with E-state index in [2.05, 4.69) is 31.2 Å². The highest BCUT2D eigenvalue weighted by molar-refractivity contribution is 6.30. The summed E-state index contributed by atoms with van der Waals surface area (Å²) in [4.78, 5) is 0. The molecule has 3 heteroatoms. The molecule has 216 valence electrons. The van der Waals surface area contributed by atoms with E-state index >= 15 is 0 Å². The van der Waals surface area contributed by atoms with E-state index in [0.717, 1.165) is 29.9 Å². The van der Waals surface area contributed by atoms with Crippen molar-refractivity contribution in [2.75, 3.05) is 0 Å². The van der Waals surface area contributed by atoms with Crippen LogP contribution in [0.15, 0.2) is 60.7 Å². The summed E-state index contributed by atoms with van der Waals surface area (Å²) in [7, 11) is 0. The maximum absolute atomic E-state index is 14.8. The molecule has 0 atom stereocenters. The number of unbranched alkanes of at least 4 members (excludes halogenated alkanes) is 4. The summed E-state index contributed by atoms with van der Waals surface area (Å²) >= 11 is 5.93. The van der Waals surface area contributed by atoms with E-state index in [9.17, 15) is 8.78 Å². The highest BCUT2D eigenvalue weighted by Crippen LogP contribution is 2.34. The summed E-state index contributed by atoms with van der Waals surface area (Å²) in [5.41, 5.74) is 4.96. The van der Waals surface area contributed by atoms with E-state index < -0.39 is 11.6 Å². The van der Waals surface area contributed by atoms with Gasteiger partial charge in [-0.05, 0) is 110 Å². The fourth-order valence-corrected chi connectivity index (χ4v) is 6.44. The Morgan fingerprint density at radius 1 is 0.575 bits per heavy atom.